The number of nitrogens with one attached hydrogen (secondary N) is 1. The highest BCUT2D eigenvalue weighted by molar-refractivity contribution is 9.10. The Bertz CT molecular complexity index is 857. The van der Waals surface area contributed by atoms with Gasteiger partial charge < -0.3 is 10.2 Å². The van der Waals surface area contributed by atoms with E-state index in [2.05, 4.69) is 33.4 Å². The largest absolute Gasteiger partial charge is 0.349 e. The summed E-state index contributed by atoms with van der Waals surface area (Å²) in [5.74, 6) is 0.110. The third kappa shape index (κ3) is 3.40. The van der Waals surface area contributed by atoms with Gasteiger partial charge >= 0.3 is 0 Å². The van der Waals surface area contributed by atoms with Crippen molar-refractivity contribution in [1.29, 1.82) is 0 Å². The Balaban J connectivity index is 1.47. The first-order valence-electron chi connectivity index (χ1n) is 8.72. The highest BCUT2D eigenvalue weighted by Gasteiger charge is 2.38. The first-order valence-corrected chi connectivity index (χ1v) is 10.5. The average molecular weight is 431 g/mol. The van der Waals surface area contributed by atoms with Crippen molar-refractivity contribution < 1.29 is 9.59 Å². The maximum absolute atomic E-state index is 12.8. The summed E-state index contributed by atoms with van der Waals surface area (Å²) >= 11 is 5.26. The van der Waals surface area contributed by atoms with Crippen LogP contribution in [0.4, 0.5) is 5.69 Å². The van der Waals surface area contributed by atoms with Crippen LogP contribution in [0.5, 0.6) is 0 Å². The van der Waals surface area contributed by atoms with Gasteiger partial charge in [-0.3, -0.25) is 9.59 Å². The summed E-state index contributed by atoms with van der Waals surface area (Å²) in [6.07, 6.45) is 1.45. The van der Waals surface area contributed by atoms with Crippen LogP contribution in [0.2, 0.25) is 0 Å². The van der Waals surface area contributed by atoms with Gasteiger partial charge in [-0.1, -0.05) is 40.2 Å². The van der Waals surface area contributed by atoms with Gasteiger partial charge in [-0.05, 0) is 42.7 Å². The minimum absolute atomic E-state index is 0.00679. The van der Waals surface area contributed by atoms with E-state index in [9.17, 15) is 9.59 Å². The second-order valence-corrected chi connectivity index (χ2v) is 8.60. The quantitative estimate of drug-likeness (QED) is 0.743. The van der Waals surface area contributed by atoms with Gasteiger partial charge in [0.1, 0.15) is 5.92 Å². The highest BCUT2D eigenvalue weighted by Crippen LogP contribution is 2.36. The van der Waals surface area contributed by atoms with Crippen LogP contribution in [0.3, 0.4) is 0 Å². The molecule has 4 rings (SSSR count). The van der Waals surface area contributed by atoms with Gasteiger partial charge in [0.05, 0.1) is 6.04 Å². The number of hydrogen-bond donors (Lipinski definition) is 1. The van der Waals surface area contributed by atoms with E-state index in [1.54, 1.807) is 4.90 Å². The number of nitrogens with zero attached hydrogens (tertiary/aromatic N) is 1. The van der Waals surface area contributed by atoms with Crippen molar-refractivity contribution >= 4 is 45.2 Å². The summed E-state index contributed by atoms with van der Waals surface area (Å²) < 4.78 is 0.923. The zero-order chi connectivity index (χ0) is 18.1. The Morgan fingerprint density at radius 3 is 2.85 bits per heavy atom. The van der Waals surface area contributed by atoms with E-state index >= 15 is 0 Å². The summed E-state index contributed by atoms with van der Waals surface area (Å²) in [4.78, 5) is 28.5. The van der Waals surface area contributed by atoms with E-state index in [0.717, 1.165) is 27.9 Å². The summed E-state index contributed by atoms with van der Waals surface area (Å²) in [5.41, 5.74) is 1.99. The summed E-state index contributed by atoms with van der Waals surface area (Å²) in [6, 6.07) is 15.8. The maximum atomic E-state index is 12.8. The molecule has 0 unspecified atom stereocenters. The second-order valence-electron chi connectivity index (χ2n) is 6.55. The van der Waals surface area contributed by atoms with Gasteiger partial charge in [0.25, 0.3) is 0 Å². The van der Waals surface area contributed by atoms with Crippen LogP contribution in [0.1, 0.15) is 24.4 Å². The predicted molar refractivity (Wildman–Crippen MR) is 107 cm³/mol. The van der Waals surface area contributed by atoms with Gasteiger partial charge in [-0.15, -0.1) is 11.8 Å². The molecule has 26 heavy (non-hydrogen) atoms. The van der Waals surface area contributed by atoms with Crippen molar-refractivity contribution in [3.05, 3.63) is 58.6 Å². The van der Waals surface area contributed by atoms with E-state index in [0.29, 0.717) is 13.0 Å². The Morgan fingerprint density at radius 2 is 2.00 bits per heavy atom. The summed E-state index contributed by atoms with van der Waals surface area (Å²) in [5, 5.41) is 3.12. The molecule has 2 aliphatic heterocycles. The monoisotopic (exact) mass is 430 g/mol. The molecule has 6 heteroatoms. The Kier molecular flexibility index (Phi) is 5.05. The molecule has 0 aliphatic carbocycles. The minimum Gasteiger partial charge on any atom is -0.349 e. The number of rotatable bonds is 3. The SMILES string of the molecule is O=C(N[C@@H]1CCSc2ccccc21)[C@H]1CCN(c2cccc(Br)c2)C1=O. The summed E-state index contributed by atoms with van der Waals surface area (Å²) in [6.45, 7) is 0.574. The number of thioether (sulfide) groups is 1. The molecule has 0 aromatic heterocycles. The van der Waals surface area contributed by atoms with Gasteiger partial charge in [-0.25, -0.2) is 0 Å². The first-order chi connectivity index (χ1) is 12.6. The van der Waals surface area contributed by atoms with Gasteiger partial charge in [0.2, 0.25) is 11.8 Å². The van der Waals surface area contributed by atoms with Crippen LogP contribution < -0.4 is 10.2 Å². The van der Waals surface area contributed by atoms with Crippen LogP contribution in [0.15, 0.2) is 57.9 Å². The second kappa shape index (κ2) is 7.45. The molecule has 0 saturated carbocycles. The molecule has 134 valence electrons. The van der Waals surface area contributed by atoms with E-state index in [4.69, 9.17) is 0 Å². The molecule has 2 aliphatic rings. The summed E-state index contributed by atoms with van der Waals surface area (Å²) in [7, 11) is 0. The normalized spacial score (nSPS) is 22.2. The van der Waals surface area contributed by atoms with Gasteiger partial charge in [-0.2, -0.15) is 0 Å². The molecule has 2 amide bonds. The fraction of sp³-hybridized carbons (Fsp3) is 0.300. The van der Waals surface area contributed by atoms with Crippen molar-refractivity contribution in [2.24, 2.45) is 5.92 Å². The van der Waals surface area contributed by atoms with Gasteiger partial charge in [0, 0.05) is 27.4 Å². The fourth-order valence-corrected chi connectivity index (χ4v) is 5.10. The molecule has 0 radical (unpaired) electrons. The number of amides is 2. The zero-order valence-electron chi connectivity index (χ0n) is 14.2. The zero-order valence-corrected chi connectivity index (χ0v) is 16.6. The van der Waals surface area contributed by atoms with Crippen LogP contribution >= 0.6 is 27.7 Å². The molecule has 2 heterocycles. The Labute approximate surface area is 165 Å². The standard InChI is InChI=1S/C20H19BrN2O2S/c21-13-4-3-5-14(12-13)23-10-8-16(20(23)25)19(24)22-17-9-11-26-18-7-2-1-6-15(17)18/h1-7,12,16-17H,8-11H2,(H,22,24)/t16-,17-/m1/s1. The van der Waals surface area contributed by atoms with Gasteiger partial charge in [0.15, 0.2) is 0 Å². The van der Waals surface area contributed by atoms with Crippen molar-refractivity contribution in [3.8, 4) is 0 Å². The van der Waals surface area contributed by atoms with Crippen LogP contribution in [-0.4, -0.2) is 24.1 Å². The molecule has 4 nitrogen and oxygen atoms in total. The molecule has 2 aromatic rings. The molecule has 1 saturated heterocycles. The number of benzene rings is 2. The topological polar surface area (TPSA) is 49.4 Å². The third-order valence-corrected chi connectivity index (χ3v) is 6.53. The van der Waals surface area contributed by atoms with Crippen molar-refractivity contribution in [3.63, 3.8) is 0 Å². The number of halogens is 1. The third-order valence-electron chi connectivity index (χ3n) is 4.92. The maximum Gasteiger partial charge on any atom is 0.239 e. The molecule has 1 N–H and O–H groups in total. The minimum atomic E-state index is -0.601. The van der Waals surface area contributed by atoms with E-state index in [-0.39, 0.29) is 17.9 Å². The predicted octanol–water partition coefficient (Wildman–Crippen LogP) is 4.16. The average Bonchev–Trinajstić information content (AvgIpc) is 3.03. The van der Waals surface area contributed by atoms with E-state index in [1.807, 2.05) is 48.2 Å². The highest BCUT2D eigenvalue weighted by atomic mass is 79.9. The Morgan fingerprint density at radius 1 is 1.15 bits per heavy atom. The molecule has 0 spiro atoms. The number of hydrogen-bond acceptors (Lipinski definition) is 3. The van der Waals surface area contributed by atoms with Crippen LogP contribution in [0.25, 0.3) is 0 Å². The van der Waals surface area contributed by atoms with Crippen molar-refractivity contribution in [1.82, 2.24) is 5.32 Å². The van der Waals surface area contributed by atoms with E-state index in [1.165, 1.54) is 4.90 Å². The molecule has 1 fully saturated rings. The molecular formula is C20H19BrN2O2S. The number of carbonyl (C=O) groups is 2. The molecule has 2 atom stereocenters. The lowest BCUT2D eigenvalue weighted by molar-refractivity contribution is -0.132. The molecular weight excluding hydrogens is 412 g/mol. The lowest BCUT2D eigenvalue weighted by Crippen LogP contribution is -2.39. The van der Waals surface area contributed by atoms with E-state index < -0.39 is 5.92 Å². The van der Waals surface area contributed by atoms with Crippen LogP contribution in [0, 0.1) is 5.92 Å². The number of anilines is 1. The van der Waals surface area contributed by atoms with Crippen molar-refractivity contribution in [2.45, 2.75) is 23.8 Å². The molecule has 2 aromatic carbocycles. The van der Waals surface area contributed by atoms with Crippen LogP contribution in [-0.2, 0) is 9.59 Å². The molecule has 0 bridgehead atoms. The first kappa shape index (κ1) is 17.6. The fourth-order valence-electron chi connectivity index (χ4n) is 3.59. The number of fused-ring (bicyclic) bond motifs is 1. The lowest BCUT2D eigenvalue weighted by atomic mass is 10.0. The lowest BCUT2D eigenvalue weighted by Gasteiger charge is -2.26. The smallest absolute Gasteiger partial charge is 0.239 e. The number of carbonyl (C=O) groups excluding carboxylic acids is 2. The van der Waals surface area contributed by atoms with Crippen molar-refractivity contribution in [2.75, 3.05) is 17.2 Å². The Hall–Kier alpha value is -1.79.